The Morgan fingerprint density at radius 1 is 0.486 bits per heavy atom. The summed E-state index contributed by atoms with van der Waals surface area (Å²) in [4.78, 5) is 107. The van der Waals surface area contributed by atoms with Crippen molar-refractivity contribution in [3.8, 4) is 44.9 Å². The topological polar surface area (TPSA) is 328 Å². The summed E-state index contributed by atoms with van der Waals surface area (Å²) in [6.45, 7) is 0. The summed E-state index contributed by atoms with van der Waals surface area (Å²) in [7, 11) is 0. The maximum atomic E-state index is 12.8. The smallest absolute Gasteiger partial charge is 0.363 e. The van der Waals surface area contributed by atoms with Gasteiger partial charge in [0.2, 0.25) is 0 Å². The van der Waals surface area contributed by atoms with Crippen molar-refractivity contribution >= 4 is 80.8 Å². The Balaban J connectivity index is 0.000000174. The number of nitrogen functional groups attached to an aromatic ring is 2. The van der Waals surface area contributed by atoms with Crippen molar-refractivity contribution in [2.24, 2.45) is 0 Å². The van der Waals surface area contributed by atoms with Crippen LogP contribution < -0.4 is 22.2 Å². The quantitative estimate of drug-likeness (QED) is 0.0547. The lowest BCUT2D eigenvalue weighted by Crippen LogP contribution is -2.32. The zero-order valence-corrected chi connectivity index (χ0v) is 36.1. The second-order valence-corrected chi connectivity index (χ2v) is 15.9. The summed E-state index contributed by atoms with van der Waals surface area (Å²) in [5.41, 5.74) is 15.4. The molecule has 20 heteroatoms. The average Bonchev–Trinajstić information content (AvgIpc) is 3.82. The molecule has 8 N–H and O–H groups in total. The molecule has 4 amide bonds. The Morgan fingerprint density at radius 3 is 1.36 bits per heavy atom. The van der Waals surface area contributed by atoms with Crippen LogP contribution in [0.5, 0.6) is 0 Å². The van der Waals surface area contributed by atoms with Gasteiger partial charge in [-0.2, -0.15) is 0 Å². The number of carboxylic acid groups (broad SMARTS) is 2. The fraction of sp³-hybridized carbons (Fsp3) is 0.0800. The number of hydrogen-bond acceptors (Lipinski definition) is 16. The van der Waals surface area contributed by atoms with E-state index in [2.05, 4.69) is 0 Å². The summed E-state index contributed by atoms with van der Waals surface area (Å²) in [6, 6.07) is 27.0. The molecule has 0 atom stereocenters. The molecule has 10 rings (SSSR count). The number of carbonyl (C=O) groups excluding carboxylic acids is 6. The van der Waals surface area contributed by atoms with Gasteiger partial charge in [0.05, 0.1) is 33.0 Å². The second-order valence-electron chi connectivity index (χ2n) is 15.9. The van der Waals surface area contributed by atoms with Crippen molar-refractivity contribution in [1.29, 1.82) is 10.8 Å². The van der Waals surface area contributed by atoms with E-state index in [-0.39, 0.29) is 69.8 Å². The maximum absolute atomic E-state index is 12.8. The summed E-state index contributed by atoms with van der Waals surface area (Å²) in [5, 5.41) is 38.1. The highest BCUT2D eigenvalue weighted by Crippen LogP contribution is 2.43. The van der Waals surface area contributed by atoms with Crippen LogP contribution in [0, 0.1) is 10.8 Å². The third kappa shape index (κ3) is 8.38. The second kappa shape index (κ2) is 17.7. The van der Waals surface area contributed by atoms with Gasteiger partial charge >= 0.3 is 23.9 Å². The van der Waals surface area contributed by atoms with Crippen LogP contribution in [0.15, 0.2) is 118 Å². The number of hydrogen-bond donors (Lipinski definition) is 6. The number of nitrogens with zero attached hydrogens (tertiary/aromatic N) is 2. The Morgan fingerprint density at radius 2 is 0.900 bits per heavy atom. The summed E-state index contributed by atoms with van der Waals surface area (Å²) in [6.07, 6.45) is -0.228. The van der Waals surface area contributed by atoms with Crippen molar-refractivity contribution in [3.63, 3.8) is 0 Å². The summed E-state index contributed by atoms with van der Waals surface area (Å²) < 4.78 is 11.9. The third-order valence-corrected chi connectivity index (χ3v) is 11.4. The van der Waals surface area contributed by atoms with E-state index in [1.54, 1.807) is 54.6 Å². The van der Waals surface area contributed by atoms with Crippen molar-refractivity contribution in [2.75, 3.05) is 11.5 Å². The van der Waals surface area contributed by atoms with Gasteiger partial charge in [0, 0.05) is 94.3 Å². The fourth-order valence-corrected chi connectivity index (χ4v) is 8.11. The van der Waals surface area contributed by atoms with Gasteiger partial charge in [0.15, 0.2) is 0 Å². The number of benzene rings is 6. The lowest BCUT2D eigenvalue weighted by atomic mass is 9.89. The van der Waals surface area contributed by atoms with Crippen LogP contribution in [-0.4, -0.2) is 67.8 Å². The molecule has 4 aliphatic heterocycles. The molecule has 4 aromatic carbocycles. The van der Waals surface area contributed by atoms with E-state index in [0.717, 1.165) is 6.07 Å². The van der Waals surface area contributed by atoms with Gasteiger partial charge in [0.1, 0.15) is 22.7 Å². The van der Waals surface area contributed by atoms with Crippen LogP contribution in [0.4, 0.5) is 11.4 Å². The lowest BCUT2D eigenvalue weighted by Gasteiger charge is -2.18. The predicted octanol–water partition coefficient (Wildman–Crippen LogP) is 6.37. The molecule has 2 saturated heterocycles. The standard InChI is InChI=1S/2C25H17N3O7/c26-13-2-5-16-19(10-13)34-20-11-14(27)3-6-17(20)23(16)18-9-12(1-4-15(18)24(31)32)25(33)35-28-21(29)7-8-22(28)30;26-13-2-5-16-19(10-13)34-20-11-14(27)3-6-17(20)23(16)15-4-1-12(9-18(15)24(31)32)25(33)35-28-21(29)7-8-22(28)30/h2*1-6,9-11,26H,7-8,27H2,(H,31,32). The number of nitrogens with one attached hydrogen (secondary N) is 2. The van der Waals surface area contributed by atoms with Crippen LogP contribution in [-0.2, 0) is 28.9 Å². The molecule has 0 bridgehead atoms. The molecule has 0 radical (unpaired) electrons. The number of amides is 4. The summed E-state index contributed by atoms with van der Waals surface area (Å²) in [5.74, 6) is -6.43. The van der Waals surface area contributed by atoms with Gasteiger partial charge in [-0.1, -0.05) is 6.07 Å². The first-order valence-electron chi connectivity index (χ1n) is 21.0. The van der Waals surface area contributed by atoms with Crippen LogP contribution in [0.25, 0.3) is 66.8 Å². The number of carboxylic acids is 2. The maximum Gasteiger partial charge on any atom is 0.363 e. The lowest BCUT2D eigenvalue weighted by molar-refractivity contribution is -0.173. The van der Waals surface area contributed by atoms with Crippen LogP contribution in [0.2, 0.25) is 0 Å². The van der Waals surface area contributed by atoms with Gasteiger partial charge in [-0.15, -0.1) is 10.1 Å². The minimum Gasteiger partial charge on any atom is -0.478 e. The van der Waals surface area contributed by atoms with Gasteiger partial charge in [-0.3, -0.25) is 19.2 Å². The zero-order valence-electron chi connectivity index (χ0n) is 36.1. The van der Waals surface area contributed by atoms with Crippen LogP contribution in [0.3, 0.4) is 0 Å². The first-order valence-corrected chi connectivity index (χ1v) is 21.0. The largest absolute Gasteiger partial charge is 0.478 e. The molecule has 0 spiro atoms. The third-order valence-electron chi connectivity index (χ3n) is 11.4. The molecule has 20 nitrogen and oxygen atoms in total. The van der Waals surface area contributed by atoms with E-state index in [9.17, 15) is 48.6 Å². The highest BCUT2D eigenvalue weighted by molar-refractivity contribution is 6.11. The number of aromatic carboxylic acids is 2. The minimum atomic E-state index is -1.31. The van der Waals surface area contributed by atoms with Gasteiger partial charge in [-0.05, 0) is 90.0 Å². The van der Waals surface area contributed by atoms with Crippen LogP contribution >= 0.6 is 0 Å². The Kier molecular flexibility index (Phi) is 11.4. The molecule has 0 aromatic heterocycles. The predicted molar refractivity (Wildman–Crippen MR) is 244 cm³/mol. The highest BCUT2D eigenvalue weighted by Gasteiger charge is 2.35. The number of carbonyl (C=O) groups is 8. The van der Waals surface area contributed by atoms with E-state index in [0.29, 0.717) is 77.2 Å². The molecular weight excluding hydrogens is 909 g/mol. The fourth-order valence-electron chi connectivity index (χ4n) is 8.11. The van der Waals surface area contributed by atoms with Gasteiger partial charge in [0.25, 0.3) is 23.6 Å². The Hall–Kier alpha value is -9.98. The zero-order chi connectivity index (χ0) is 49.7. The van der Waals surface area contributed by atoms with Crippen LogP contribution in [0.1, 0.15) is 67.1 Å². The number of nitrogens with two attached hydrogens (primary N) is 2. The first kappa shape index (κ1) is 45.2. The minimum absolute atomic E-state index is 0.0536. The van der Waals surface area contributed by atoms with Gasteiger partial charge < -0.3 is 51.0 Å². The van der Waals surface area contributed by atoms with Crippen molar-refractivity contribution < 1.29 is 67.1 Å². The molecule has 2 aliphatic carbocycles. The highest BCUT2D eigenvalue weighted by atomic mass is 16.7. The Bertz CT molecular complexity index is 3660. The molecule has 2 fully saturated rings. The van der Waals surface area contributed by atoms with E-state index in [4.69, 9.17) is 40.8 Å². The molecular formula is C50H34N6O14. The van der Waals surface area contributed by atoms with Crippen molar-refractivity contribution in [3.05, 3.63) is 142 Å². The molecule has 4 heterocycles. The molecule has 0 saturated carbocycles. The number of imide groups is 2. The monoisotopic (exact) mass is 942 g/mol. The van der Waals surface area contributed by atoms with Crippen molar-refractivity contribution in [2.45, 2.75) is 25.7 Å². The Labute approximate surface area is 392 Å². The molecule has 70 heavy (non-hydrogen) atoms. The molecule has 0 unspecified atom stereocenters. The number of fused-ring (bicyclic) bond motifs is 4. The number of hydroxylamine groups is 4. The number of anilines is 2. The first-order chi connectivity index (χ1) is 33.4. The normalized spacial score (nSPS) is 13.5. The van der Waals surface area contributed by atoms with Crippen molar-refractivity contribution in [1.82, 2.24) is 10.1 Å². The van der Waals surface area contributed by atoms with E-state index >= 15 is 0 Å². The summed E-state index contributed by atoms with van der Waals surface area (Å²) >= 11 is 0. The van der Waals surface area contributed by atoms with Gasteiger partial charge in [-0.25, -0.2) is 19.2 Å². The number of rotatable bonds is 8. The molecule has 4 aromatic rings. The molecule has 6 aliphatic rings. The SMILES string of the molecule is N=c1ccc2c(-c3cc(C(=O)ON4C(=O)CCC4=O)ccc3C(=O)O)c3ccc(N)cc3oc-2c1.N=c1ccc2c(-c3ccc(C(=O)ON4C(=O)CCC4=O)cc3C(=O)O)c3ccc(N)cc3oc-2c1. The average molecular weight is 943 g/mol. The molecule has 348 valence electrons. The van der Waals surface area contributed by atoms with E-state index in [1.165, 1.54) is 48.5 Å². The van der Waals surface area contributed by atoms with E-state index < -0.39 is 47.5 Å². The van der Waals surface area contributed by atoms with E-state index in [1.807, 2.05) is 0 Å².